The van der Waals surface area contributed by atoms with E-state index in [1.54, 1.807) is 4.90 Å². The standard InChI is InChI=1S/C18H18BrF2N5O3/c1-24-17(27)16-12-9-25(18(28)22-10-2-3-14(21)13(19)6-10)5-4-15(12)23-26(16)8-11(7-20)29-24/h2-3,6,11H,4-5,7-9H2,1H3,(H,22,28)/t11-/m1/s1. The minimum atomic E-state index is -0.803. The molecule has 0 bridgehead atoms. The number of carbonyl (C=O) groups excluding carboxylic acids is 2. The van der Waals surface area contributed by atoms with Gasteiger partial charge in [0, 0.05) is 31.3 Å². The van der Waals surface area contributed by atoms with E-state index in [4.69, 9.17) is 4.84 Å². The number of anilines is 1. The molecule has 154 valence electrons. The highest BCUT2D eigenvalue weighted by Gasteiger charge is 2.35. The quantitative estimate of drug-likeness (QED) is 0.733. The highest BCUT2D eigenvalue weighted by molar-refractivity contribution is 9.10. The molecule has 2 aliphatic heterocycles. The lowest BCUT2D eigenvalue weighted by atomic mass is 10.1. The third-order valence-corrected chi connectivity index (χ3v) is 5.51. The van der Waals surface area contributed by atoms with Crippen LogP contribution >= 0.6 is 15.9 Å². The predicted molar refractivity (Wildman–Crippen MR) is 102 cm³/mol. The fourth-order valence-corrected chi connectivity index (χ4v) is 3.85. The molecular formula is C18H18BrF2N5O3. The minimum absolute atomic E-state index is 0.116. The maximum Gasteiger partial charge on any atom is 0.322 e. The second-order valence-corrected chi connectivity index (χ2v) is 7.73. The maximum atomic E-state index is 13.4. The van der Waals surface area contributed by atoms with Gasteiger partial charge in [0.15, 0.2) is 0 Å². The van der Waals surface area contributed by atoms with E-state index in [0.29, 0.717) is 29.9 Å². The topological polar surface area (TPSA) is 79.7 Å². The van der Waals surface area contributed by atoms with Crippen molar-refractivity contribution in [2.45, 2.75) is 25.6 Å². The van der Waals surface area contributed by atoms with Gasteiger partial charge in [-0.05, 0) is 34.1 Å². The Morgan fingerprint density at radius 1 is 1.45 bits per heavy atom. The Morgan fingerprint density at radius 2 is 2.24 bits per heavy atom. The molecule has 0 saturated heterocycles. The van der Waals surface area contributed by atoms with Crippen LogP contribution in [0.3, 0.4) is 0 Å². The summed E-state index contributed by atoms with van der Waals surface area (Å²) in [6.45, 7) is -0.0441. The van der Waals surface area contributed by atoms with Crippen molar-refractivity contribution in [1.82, 2.24) is 19.7 Å². The molecule has 2 aromatic rings. The van der Waals surface area contributed by atoms with E-state index >= 15 is 0 Å². The maximum absolute atomic E-state index is 13.4. The Bertz CT molecular complexity index is 983. The molecule has 1 aromatic heterocycles. The van der Waals surface area contributed by atoms with E-state index in [1.165, 1.54) is 29.9 Å². The monoisotopic (exact) mass is 469 g/mol. The summed E-state index contributed by atoms with van der Waals surface area (Å²) >= 11 is 3.09. The van der Waals surface area contributed by atoms with Gasteiger partial charge >= 0.3 is 6.03 Å². The van der Waals surface area contributed by atoms with Crippen molar-refractivity contribution in [3.63, 3.8) is 0 Å². The molecule has 8 nitrogen and oxygen atoms in total. The molecular weight excluding hydrogens is 452 g/mol. The normalized spacial score (nSPS) is 18.9. The molecule has 29 heavy (non-hydrogen) atoms. The fourth-order valence-electron chi connectivity index (χ4n) is 3.47. The van der Waals surface area contributed by atoms with Gasteiger partial charge in [0.1, 0.15) is 24.3 Å². The first-order valence-corrected chi connectivity index (χ1v) is 9.77. The number of nitrogens with one attached hydrogen (secondary N) is 1. The summed E-state index contributed by atoms with van der Waals surface area (Å²) in [5.74, 6) is -0.857. The molecule has 3 heterocycles. The van der Waals surface area contributed by atoms with Gasteiger partial charge in [-0.2, -0.15) is 5.10 Å². The summed E-state index contributed by atoms with van der Waals surface area (Å²) in [5, 5.41) is 8.19. The number of hydrogen-bond donors (Lipinski definition) is 1. The SMILES string of the molecule is CN1O[C@H](CF)Cn2nc3c(c2C1=O)CN(C(=O)Nc1ccc(F)c(Br)c1)CC3. The van der Waals surface area contributed by atoms with Gasteiger partial charge in [-0.15, -0.1) is 0 Å². The molecule has 1 atom stereocenters. The van der Waals surface area contributed by atoms with Crippen LogP contribution in [0.25, 0.3) is 0 Å². The van der Waals surface area contributed by atoms with Gasteiger partial charge in [-0.1, -0.05) is 0 Å². The molecule has 0 unspecified atom stereocenters. The molecule has 1 aromatic carbocycles. The van der Waals surface area contributed by atoms with Crippen molar-refractivity contribution in [2.75, 3.05) is 25.6 Å². The number of aromatic nitrogens is 2. The lowest BCUT2D eigenvalue weighted by molar-refractivity contribution is -0.152. The van der Waals surface area contributed by atoms with E-state index in [1.807, 2.05) is 0 Å². The van der Waals surface area contributed by atoms with Gasteiger partial charge in [0.2, 0.25) is 0 Å². The van der Waals surface area contributed by atoms with Gasteiger partial charge < -0.3 is 10.2 Å². The van der Waals surface area contributed by atoms with Crippen LogP contribution in [0.5, 0.6) is 0 Å². The number of fused-ring (bicyclic) bond motifs is 3. The van der Waals surface area contributed by atoms with Crippen molar-refractivity contribution in [3.05, 3.63) is 45.4 Å². The van der Waals surface area contributed by atoms with Crippen LogP contribution in [0.4, 0.5) is 19.3 Å². The average molecular weight is 470 g/mol. The van der Waals surface area contributed by atoms with E-state index in [0.717, 1.165) is 10.8 Å². The molecule has 0 saturated carbocycles. The Balaban J connectivity index is 1.57. The van der Waals surface area contributed by atoms with Crippen LogP contribution in [0.2, 0.25) is 0 Å². The summed E-state index contributed by atoms with van der Waals surface area (Å²) in [7, 11) is 1.43. The van der Waals surface area contributed by atoms with Gasteiger partial charge in [-0.3, -0.25) is 14.3 Å². The van der Waals surface area contributed by atoms with Crippen LogP contribution in [-0.4, -0.2) is 58.1 Å². The second-order valence-electron chi connectivity index (χ2n) is 6.87. The van der Waals surface area contributed by atoms with Gasteiger partial charge in [-0.25, -0.2) is 18.6 Å². The van der Waals surface area contributed by atoms with Crippen LogP contribution < -0.4 is 5.32 Å². The van der Waals surface area contributed by atoms with Crippen molar-refractivity contribution < 1.29 is 23.2 Å². The number of nitrogens with zero attached hydrogens (tertiary/aromatic N) is 4. The van der Waals surface area contributed by atoms with E-state index < -0.39 is 24.5 Å². The number of halogens is 3. The lowest BCUT2D eigenvalue weighted by Crippen LogP contribution is -2.39. The summed E-state index contributed by atoms with van der Waals surface area (Å²) in [6.07, 6.45) is -0.337. The number of rotatable bonds is 2. The Morgan fingerprint density at radius 3 is 2.97 bits per heavy atom. The number of alkyl halides is 1. The molecule has 1 N–H and O–H groups in total. The van der Waals surface area contributed by atoms with Crippen LogP contribution in [0.15, 0.2) is 22.7 Å². The first kappa shape index (κ1) is 19.8. The summed E-state index contributed by atoms with van der Waals surface area (Å²) in [6, 6.07) is 3.82. The third kappa shape index (κ3) is 3.71. The van der Waals surface area contributed by atoms with Crippen molar-refractivity contribution in [2.24, 2.45) is 0 Å². The highest BCUT2D eigenvalue weighted by Crippen LogP contribution is 2.27. The zero-order valence-corrected chi connectivity index (χ0v) is 17.1. The predicted octanol–water partition coefficient (Wildman–Crippen LogP) is 2.73. The van der Waals surface area contributed by atoms with Crippen molar-refractivity contribution in [3.8, 4) is 0 Å². The zero-order chi connectivity index (χ0) is 20.7. The number of hydrogen-bond acceptors (Lipinski definition) is 4. The number of benzene rings is 1. The summed E-state index contributed by atoms with van der Waals surface area (Å²) in [5.41, 5.74) is 2.10. The van der Waals surface area contributed by atoms with Crippen LogP contribution in [0, 0.1) is 5.82 Å². The van der Waals surface area contributed by atoms with E-state index in [2.05, 4.69) is 26.3 Å². The number of amides is 3. The van der Waals surface area contributed by atoms with Crippen LogP contribution in [0.1, 0.15) is 21.7 Å². The Hall–Kier alpha value is -2.53. The first-order valence-electron chi connectivity index (χ1n) is 8.97. The van der Waals surface area contributed by atoms with Gasteiger partial charge in [0.25, 0.3) is 5.91 Å². The third-order valence-electron chi connectivity index (χ3n) is 4.90. The van der Waals surface area contributed by atoms with Crippen LogP contribution in [-0.2, 0) is 24.3 Å². The number of urea groups is 1. The van der Waals surface area contributed by atoms with E-state index in [-0.39, 0.29) is 23.6 Å². The zero-order valence-electron chi connectivity index (χ0n) is 15.5. The van der Waals surface area contributed by atoms with Crippen molar-refractivity contribution in [1.29, 1.82) is 0 Å². The number of carbonyl (C=O) groups is 2. The molecule has 0 fully saturated rings. The highest BCUT2D eigenvalue weighted by atomic mass is 79.9. The molecule has 0 radical (unpaired) electrons. The second kappa shape index (κ2) is 7.71. The van der Waals surface area contributed by atoms with Gasteiger partial charge in [0.05, 0.1) is 23.3 Å². The summed E-state index contributed by atoms with van der Waals surface area (Å²) in [4.78, 5) is 32.3. The first-order chi connectivity index (χ1) is 13.9. The van der Waals surface area contributed by atoms with E-state index in [9.17, 15) is 18.4 Å². The molecule has 4 rings (SSSR count). The van der Waals surface area contributed by atoms with Crippen molar-refractivity contribution >= 4 is 33.6 Å². The molecule has 0 spiro atoms. The summed E-state index contributed by atoms with van der Waals surface area (Å²) < 4.78 is 28.3. The molecule has 3 amide bonds. The Kier molecular flexibility index (Phi) is 5.26. The average Bonchev–Trinajstić information content (AvgIpc) is 3.00. The molecule has 0 aliphatic carbocycles. The molecule has 2 aliphatic rings. The lowest BCUT2D eigenvalue weighted by Gasteiger charge is -2.27. The minimum Gasteiger partial charge on any atom is -0.320 e. The number of hydroxylamine groups is 2. The smallest absolute Gasteiger partial charge is 0.320 e. The fraction of sp³-hybridized carbons (Fsp3) is 0.389. The Labute approximate surface area is 173 Å². The largest absolute Gasteiger partial charge is 0.322 e. The molecule has 11 heteroatoms.